The van der Waals surface area contributed by atoms with Crippen LogP contribution in [0.1, 0.15) is 6.42 Å². The summed E-state index contributed by atoms with van der Waals surface area (Å²) in [6.07, 6.45) is 5.82. The monoisotopic (exact) mass is 367 g/mol. The van der Waals surface area contributed by atoms with Crippen LogP contribution in [0, 0.1) is 0 Å². The fraction of sp³-hybridized carbons (Fsp3) is 0.421. The highest BCUT2D eigenvalue weighted by molar-refractivity contribution is 5.86. The van der Waals surface area contributed by atoms with Crippen LogP contribution in [0.25, 0.3) is 10.9 Å². The van der Waals surface area contributed by atoms with Crippen molar-refractivity contribution >= 4 is 22.6 Å². The molecule has 1 unspecified atom stereocenters. The van der Waals surface area contributed by atoms with Crippen molar-refractivity contribution in [1.82, 2.24) is 15.0 Å². The maximum atomic E-state index is 6.07. The zero-order chi connectivity index (χ0) is 18.1. The molecule has 27 heavy (non-hydrogen) atoms. The van der Waals surface area contributed by atoms with Crippen LogP contribution < -0.4 is 14.5 Å². The summed E-state index contributed by atoms with van der Waals surface area (Å²) in [5.74, 6) is 0.635. The molecule has 3 aromatic rings. The molecule has 2 aliphatic rings. The first-order valence-corrected chi connectivity index (χ1v) is 9.25. The van der Waals surface area contributed by atoms with Gasteiger partial charge in [-0.25, -0.2) is 15.0 Å². The van der Waals surface area contributed by atoms with Crippen LogP contribution in [0.4, 0.5) is 11.7 Å². The molecule has 0 radical (unpaired) electrons. The predicted octanol–water partition coefficient (Wildman–Crippen LogP) is 2.11. The summed E-state index contributed by atoms with van der Waals surface area (Å²) in [5, 5.41) is 0.942. The van der Waals surface area contributed by atoms with Gasteiger partial charge in [-0.05, 0) is 18.2 Å². The van der Waals surface area contributed by atoms with Gasteiger partial charge in [-0.3, -0.25) is 0 Å². The second-order valence-corrected chi connectivity index (χ2v) is 6.77. The summed E-state index contributed by atoms with van der Waals surface area (Å²) in [6.45, 7) is 4.89. The van der Waals surface area contributed by atoms with Crippen LogP contribution in [-0.4, -0.2) is 60.4 Å². The molecule has 1 atom stereocenters. The average molecular weight is 367 g/mol. The molecular formula is C19H21N5O3. The molecule has 2 fully saturated rings. The fourth-order valence-electron chi connectivity index (χ4n) is 3.60. The van der Waals surface area contributed by atoms with Crippen LogP contribution in [0.2, 0.25) is 0 Å². The van der Waals surface area contributed by atoms with Crippen molar-refractivity contribution < 1.29 is 13.9 Å². The minimum Gasteiger partial charge on any atom is -0.471 e. The number of benzene rings is 1. The van der Waals surface area contributed by atoms with Crippen molar-refractivity contribution in [2.45, 2.75) is 12.5 Å². The van der Waals surface area contributed by atoms with Crippen molar-refractivity contribution in [3.05, 3.63) is 37.0 Å². The first kappa shape index (κ1) is 16.3. The molecule has 5 rings (SSSR count). The quantitative estimate of drug-likeness (QED) is 0.694. The van der Waals surface area contributed by atoms with E-state index in [1.54, 1.807) is 18.8 Å². The standard InChI is InChI=1S/C19H21N5O3/c1-2-17-16(18(22-13-21-17)27-15-3-9-25-12-15)11-14(1)23-5-7-24(8-6-23)19-20-4-10-26-19/h1-2,4,10-11,13,15H,3,5-9,12H2. The summed E-state index contributed by atoms with van der Waals surface area (Å²) < 4.78 is 16.9. The third kappa shape index (κ3) is 3.28. The van der Waals surface area contributed by atoms with Crippen LogP contribution in [0.5, 0.6) is 5.88 Å². The Morgan fingerprint density at radius 1 is 1.04 bits per heavy atom. The van der Waals surface area contributed by atoms with E-state index in [0.717, 1.165) is 55.8 Å². The van der Waals surface area contributed by atoms with E-state index in [9.17, 15) is 0 Å². The third-order valence-electron chi connectivity index (χ3n) is 5.08. The molecule has 0 aliphatic carbocycles. The number of rotatable bonds is 4. The van der Waals surface area contributed by atoms with Crippen LogP contribution in [-0.2, 0) is 4.74 Å². The number of anilines is 2. The number of oxazole rings is 1. The topological polar surface area (TPSA) is 76.8 Å². The highest BCUT2D eigenvalue weighted by Crippen LogP contribution is 2.29. The summed E-state index contributed by atoms with van der Waals surface area (Å²) in [6, 6.07) is 6.96. The van der Waals surface area contributed by atoms with Gasteiger partial charge in [0.05, 0.1) is 30.3 Å². The van der Waals surface area contributed by atoms with Crippen molar-refractivity contribution in [2.75, 3.05) is 49.2 Å². The van der Waals surface area contributed by atoms with Crippen molar-refractivity contribution in [3.63, 3.8) is 0 Å². The van der Waals surface area contributed by atoms with Crippen LogP contribution in [0.15, 0.2) is 41.4 Å². The first-order valence-electron chi connectivity index (χ1n) is 9.25. The lowest BCUT2D eigenvalue weighted by Gasteiger charge is -2.35. The number of hydrogen-bond donors (Lipinski definition) is 0. The Morgan fingerprint density at radius 3 is 2.70 bits per heavy atom. The van der Waals surface area contributed by atoms with Crippen molar-refractivity contribution in [3.8, 4) is 5.88 Å². The summed E-state index contributed by atoms with van der Waals surface area (Å²) in [4.78, 5) is 17.5. The normalized spacial score (nSPS) is 20.4. The molecule has 0 saturated carbocycles. The third-order valence-corrected chi connectivity index (χ3v) is 5.08. The molecule has 2 aliphatic heterocycles. The number of ether oxygens (including phenoxy) is 2. The van der Waals surface area contributed by atoms with E-state index in [2.05, 4.69) is 36.9 Å². The Morgan fingerprint density at radius 2 is 1.93 bits per heavy atom. The molecule has 0 bridgehead atoms. The maximum absolute atomic E-state index is 6.07. The van der Waals surface area contributed by atoms with E-state index in [1.165, 1.54) is 0 Å². The smallest absolute Gasteiger partial charge is 0.297 e. The fourth-order valence-corrected chi connectivity index (χ4v) is 3.60. The molecule has 0 amide bonds. The van der Waals surface area contributed by atoms with Gasteiger partial charge in [-0.2, -0.15) is 0 Å². The van der Waals surface area contributed by atoms with Gasteiger partial charge in [0.25, 0.3) is 6.01 Å². The van der Waals surface area contributed by atoms with Gasteiger partial charge in [0.15, 0.2) is 0 Å². The highest BCUT2D eigenvalue weighted by Gasteiger charge is 2.22. The molecular weight excluding hydrogens is 346 g/mol. The highest BCUT2D eigenvalue weighted by atomic mass is 16.5. The van der Waals surface area contributed by atoms with E-state index in [0.29, 0.717) is 18.5 Å². The van der Waals surface area contributed by atoms with Crippen LogP contribution >= 0.6 is 0 Å². The van der Waals surface area contributed by atoms with Gasteiger partial charge in [-0.15, -0.1) is 0 Å². The summed E-state index contributed by atoms with van der Waals surface area (Å²) in [7, 11) is 0. The van der Waals surface area contributed by atoms with Gasteiger partial charge < -0.3 is 23.7 Å². The second-order valence-electron chi connectivity index (χ2n) is 6.77. The van der Waals surface area contributed by atoms with Crippen molar-refractivity contribution in [1.29, 1.82) is 0 Å². The molecule has 4 heterocycles. The lowest BCUT2D eigenvalue weighted by atomic mass is 10.2. The Labute approximate surface area is 156 Å². The summed E-state index contributed by atoms with van der Waals surface area (Å²) >= 11 is 0. The molecule has 140 valence electrons. The number of hydrogen-bond acceptors (Lipinski definition) is 8. The number of aromatic nitrogens is 3. The minimum atomic E-state index is 0.0658. The lowest BCUT2D eigenvalue weighted by Crippen LogP contribution is -2.46. The first-order chi connectivity index (χ1) is 13.4. The zero-order valence-electron chi connectivity index (χ0n) is 15.0. The van der Waals surface area contributed by atoms with E-state index >= 15 is 0 Å². The largest absolute Gasteiger partial charge is 0.471 e. The maximum Gasteiger partial charge on any atom is 0.297 e. The Balaban J connectivity index is 1.36. The van der Waals surface area contributed by atoms with E-state index in [1.807, 2.05) is 6.07 Å². The minimum absolute atomic E-state index is 0.0658. The predicted molar refractivity (Wildman–Crippen MR) is 100 cm³/mol. The Hall–Kier alpha value is -2.87. The molecule has 2 aromatic heterocycles. The molecule has 1 aromatic carbocycles. The zero-order valence-corrected chi connectivity index (χ0v) is 15.0. The Kier molecular flexibility index (Phi) is 4.25. The van der Waals surface area contributed by atoms with Crippen molar-refractivity contribution in [2.24, 2.45) is 0 Å². The number of piperazine rings is 1. The lowest BCUT2D eigenvalue weighted by molar-refractivity contribution is 0.139. The van der Waals surface area contributed by atoms with E-state index in [-0.39, 0.29) is 6.10 Å². The SMILES string of the molecule is c1coc(N2CCN(c3ccc4ncnc(OC5CCOC5)c4c3)CC2)n1. The number of fused-ring (bicyclic) bond motifs is 1. The molecule has 0 N–H and O–H groups in total. The number of nitrogens with zero attached hydrogens (tertiary/aromatic N) is 5. The second kappa shape index (κ2) is 7.03. The Bertz CT molecular complexity index is 903. The average Bonchev–Trinajstić information content (AvgIpc) is 3.42. The molecule has 0 spiro atoms. The summed E-state index contributed by atoms with van der Waals surface area (Å²) in [5.41, 5.74) is 2.04. The molecule has 8 heteroatoms. The van der Waals surface area contributed by atoms with E-state index < -0.39 is 0 Å². The van der Waals surface area contributed by atoms with Gasteiger partial charge in [0.1, 0.15) is 18.7 Å². The van der Waals surface area contributed by atoms with Gasteiger partial charge in [-0.1, -0.05) is 0 Å². The molecule has 2 saturated heterocycles. The van der Waals surface area contributed by atoms with Gasteiger partial charge >= 0.3 is 0 Å². The van der Waals surface area contributed by atoms with Crippen LogP contribution in [0.3, 0.4) is 0 Å². The van der Waals surface area contributed by atoms with E-state index in [4.69, 9.17) is 13.9 Å². The molecule has 8 nitrogen and oxygen atoms in total. The van der Waals surface area contributed by atoms with Gasteiger partial charge in [0.2, 0.25) is 5.88 Å². The van der Waals surface area contributed by atoms with Gasteiger partial charge in [0, 0.05) is 38.3 Å².